The first-order valence-electron chi connectivity index (χ1n) is 6.31. The van der Waals surface area contributed by atoms with Gasteiger partial charge in [-0.1, -0.05) is 27.7 Å². The minimum Gasteiger partial charge on any atom is -0.286 e. The van der Waals surface area contributed by atoms with Gasteiger partial charge in [0.1, 0.15) is 0 Å². The highest BCUT2D eigenvalue weighted by Crippen LogP contribution is 2.45. The maximum atomic E-state index is 4.72. The van der Waals surface area contributed by atoms with Crippen molar-refractivity contribution in [1.29, 1.82) is 0 Å². The molecule has 4 heteroatoms. The lowest BCUT2D eigenvalue weighted by molar-refractivity contribution is 0.224. The van der Waals surface area contributed by atoms with E-state index in [1.54, 1.807) is 0 Å². The first-order valence-corrected chi connectivity index (χ1v) is 7.11. The Morgan fingerprint density at radius 1 is 1.28 bits per heavy atom. The van der Waals surface area contributed by atoms with E-state index in [0.717, 1.165) is 16.7 Å². The average Bonchev–Trinajstić information content (AvgIpc) is 2.51. The Bertz CT molecular complexity index is 625. The molecule has 0 atom stereocenters. The molecule has 0 saturated heterocycles. The van der Waals surface area contributed by atoms with Crippen LogP contribution in [0.5, 0.6) is 0 Å². The first-order chi connectivity index (χ1) is 8.28. The van der Waals surface area contributed by atoms with Crippen LogP contribution in [-0.4, -0.2) is 14.4 Å². The molecule has 0 spiro atoms. The molecule has 0 unspecified atom stereocenters. The topological polar surface area (TPSA) is 30.2 Å². The van der Waals surface area contributed by atoms with Crippen LogP contribution in [0.25, 0.3) is 5.78 Å². The molecule has 0 aliphatic heterocycles. The third-order valence-electron chi connectivity index (χ3n) is 3.73. The zero-order valence-electron chi connectivity index (χ0n) is 11.3. The van der Waals surface area contributed by atoms with Crippen molar-refractivity contribution in [3.05, 3.63) is 28.3 Å². The van der Waals surface area contributed by atoms with E-state index in [1.165, 1.54) is 17.8 Å². The zero-order valence-corrected chi connectivity index (χ0v) is 12.9. The van der Waals surface area contributed by atoms with Gasteiger partial charge < -0.3 is 0 Å². The highest BCUT2D eigenvalue weighted by atomic mass is 79.9. The van der Waals surface area contributed by atoms with Crippen molar-refractivity contribution < 1.29 is 0 Å². The Balaban J connectivity index is 2.32. The van der Waals surface area contributed by atoms with Crippen molar-refractivity contribution in [3.63, 3.8) is 0 Å². The third-order valence-corrected chi connectivity index (χ3v) is 4.14. The van der Waals surface area contributed by atoms with Crippen LogP contribution in [0, 0.1) is 5.41 Å². The fourth-order valence-electron chi connectivity index (χ4n) is 3.59. The summed E-state index contributed by atoms with van der Waals surface area (Å²) in [6.45, 7) is 9.26. The number of nitrogens with zero attached hydrogens (tertiary/aromatic N) is 3. The van der Waals surface area contributed by atoms with Gasteiger partial charge in [0, 0.05) is 17.8 Å². The van der Waals surface area contributed by atoms with Crippen LogP contribution < -0.4 is 0 Å². The molecule has 0 amide bonds. The molecular weight excluding hydrogens is 290 g/mol. The van der Waals surface area contributed by atoms with Crippen molar-refractivity contribution >= 4 is 21.7 Å². The molecule has 0 radical (unpaired) electrons. The van der Waals surface area contributed by atoms with E-state index in [9.17, 15) is 0 Å². The van der Waals surface area contributed by atoms with Crippen molar-refractivity contribution in [2.45, 2.75) is 46.0 Å². The van der Waals surface area contributed by atoms with Gasteiger partial charge in [-0.3, -0.25) is 4.40 Å². The van der Waals surface area contributed by atoms with Crippen molar-refractivity contribution in [1.82, 2.24) is 14.4 Å². The van der Waals surface area contributed by atoms with Crippen LogP contribution in [0.15, 0.2) is 16.9 Å². The molecule has 2 heterocycles. The zero-order chi connectivity index (χ0) is 13.1. The second kappa shape index (κ2) is 3.56. The Morgan fingerprint density at radius 2 is 2.00 bits per heavy atom. The molecule has 3 rings (SSSR count). The summed E-state index contributed by atoms with van der Waals surface area (Å²) in [5.74, 6) is 0.814. The van der Waals surface area contributed by atoms with Gasteiger partial charge in [0.15, 0.2) is 0 Å². The number of rotatable bonds is 0. The van der Waals surface area contributed by atoms with Gasteiger partial charge in [-0.2, -0.15) is 0 Å². The van der Waals surface area contributed by atoms with E-state index in [4.69, 9.17) is 4.98 Å². The molecule has 0 bridgehead atoms. The molecule has 2 aromatic heterocycles. The predicted molar refractivity (Wildman–Crippen MR) is 75.8 cm³/mol. The first kappa shape index (κ1) is 12.2. The fourth-order valence-corrected chi connectivity index (χ4v) is 3.90. The number of aromatic nitrogens is 3. The molecule has 0 fully saturated rings. The van der Waals surface area contributed by atoms with Gasteiger partial charge in [0.2, 0.25) is 5.78 Å². The molecule has 0 N–H and O–H groups in total. The van der Waals surface area contributed by atoms with Crippen molar-refractivity contribution in [2.24, 2.45) is 5.41 Å². The number of fused-ring (bicyclic) bond motifs is 3. The summed E-state index contributed by atoms with van der Waals surface area (Å²) in [5, 5.41) is 0. The smallest absolute Gasteiger partial charge is 0.234 e. The summed E-state index contributed by atoms with van der Waals surface area (Å²) >= 11 is 3.49. The number of imidazole rings is 1. The third kappa shape index (κ3) is 1.78. The Kier molecular flexibility index (Phi) is 2.40. The maximum absolute atomic E-state index is 4.72. The molecule has 1 aliphatic rings. The minimum atomic E-state index is 0.138. The summed E-state index contributed by atoms with van der Waals surface area (Å²) in [6.07, 6.45) is 6.10. The fraction of sp³-hybridized carbons (Fsp3) is 0.571. The second-order valence-electron chi connectivity index (χ2n) is 6.75. The molecule has 3 nitrogen and oxygen atoms in total. The molecule has 96 valence electrons. The lowest BCUT2D eigenvalue weighted by atomic mass is 9.66. The van der Waals surface area contributed by atoms with E-state index in [-0.39, 0.29) is 5.41 Å². The number of hydrogen-bond acceptors (Lipinski definition) is 2. The molecule has 0 aromatic carbocycles. The standard InChI is InChI=1S/C14H18BrN3/c1-13(2)5-10-11(14(3,4)8-13)18-7-9(15)6-16-12(18)17-10/h6-7H,5,8H2,1-4H3. The van der Waals surface area contributed by atoms with Crippen LogP contribution in [0.2, 0.25) is 0 Å². The van der Waals surface area contributed by atoms with Crippen LogP contribution in [0.1, 0.15) is 45.5 Å². The molecule has 18 heavy (non-hydrogen) atoms. The summed E-state index contributed by atoms with van der Waals surface area (Å²) in [6, 6.07) is 0. The summed E-state index contributed by atoms with van der Waals surface area (Å²) < 4.78 is 3.14. The van der Waals surface area contributed by atoms with E-state index >= 15 is 0 Å². The second-order valence-corrected chi connectivity index (χ2v) is 7.67. The van der Waals surface area contributed by atoms with Gasteiger partial charge in [-0.05, 0) is 34.2 Å². The summed E-state index contributed by atoms with van der Waals surface area (Å²) in [7, 11) is 0. The SMILES string of the molecule is CC1(C)Cc2nc3ncc(Br)cn3c2C(C)(C)C1. The molecule has 2 aromatic rings. The lowest BCUT2D eigenvalue weighted by Crippen LogP contribution is -2.35. The molecule has 0 saturated carbocycles. The van der Waals surface area contributed by atoms with E-state index in [1.807, 2.05) is 6.20 Å². The number of hydrogen-bond donors (Lipinski definition) is 0. The van der Waals surface area contributed by atoms with Gasteiger partial charge in [-0.15, -0.1) is 0 Å². The van der Waals surface area contributed by atoms with Crippen LogP contribution in [0.3, 0.4) is 0 Å². The van der Waals surface area contributed by atoms with Crippen LogP contribution >= 0.6 is 15.9 Å². The minimum absolute atomic E-state index is 0.138. The van der Waals surface area contributed by atoms with Gasteiger partial charge >= 0.3 is 0 Å². The highest BCUT2D eigenvalue weighted by Gasteiger charge is 2.40. The lowest BCUT2D eigenvalue weighted by Gasteiger charge is -2.40. The van der Waals surface area contributed by atoms with Crippen molar-refractivity contribution in [3.8, 4) is 0 Å². The van der Waals surface area contributed by atoms with Crippen LogP contribution in [0.4, 0.5) is 0 Å². The largest absolute Gasteiger partial charge is 0.286 e. The van der Waals surface area contributed by atoms with Gasteiger partial charge in [-0.25, -0.2) is 9.97 Å². The summed E-state index contributed by atoms with van der Waals surface area (Å²) in [4.78, 5) is 9.12. The Hall–Kier alpha value is -0.900. The molecular formula is C14H18BrN3. The van der Waals surface area contributed by atoms with E-state index in [0.29, 0.717) is 5.41 Å². The quantitative estimate of drug-likeness (QED) is 0.742. The Morgan fingerprint density at radius 3 is 2.72 bits per heavy atom. The van der Waals surface area contributed by atoms with Gasteiger partial charge in [0.05, 0.1) is 15.9 Å². The van der Waals surface area contributed by atoms with E-state index < -0.39 is 0 Å². The predicted octanol–water partition coefficient (Wildman–Crippen LogP) is 3.74. The number of halogens is 1. The highest BCUT2D eigenvalue weighted by molar-refractivity contribution is 9.10. The van der Waals surface area contributed by atoms with Crippen LogP contribution in [-0.2, 0) is 11.8 Å². The summed E-state index contributed by atoms with van der Waals surface area (Å²) in [5.41, 5.74) is 2.98. The maximum Gasteiger partial charge on any atom is 0.234 e. The van der Waals surface area contributed by atoms with Crippen molar-refractivity contribution in [2.75, 3.05) is 0 Å². The van der Waals surface area contributed by atoms with E-state index in [2.05, 4.69) is 59.2 Å². The van der Waals surface area contributed by atoms with Gasteiger partial charge in [0.25, 0.3) is 0 Å². The Labute approximate surface area is 116 Å². The normalized spacial score (nSPS) is 20.9. The molecule has 1 aliphatic carbocycles. The monoisotopic (exact) mass is 307 g/mol. The average molecular weight is 308 g/mol.